The monoisotopic (exact) mass is 327 g/mol. The number of carboxylic acids is 1. The Labute approximate surface area is 121 Å². The number of halogens is 1. The lowest BCUT2D eigenvalue weighted by Crippen LogP contribution is -2.42. The van der Waals surface area contributed by atoms with E-state index in [0.29, 0.717) is 13.2 Å². The predicted molar refractivity (Wildman–Crippen MR) is 76.0 cm³/mol. The van der Waals surface area contributed by atoms with Gasteiger partial charge in [0.25, 0.3) is 0 Å². The molecule has 0 saturated carbocycles. The van der Waals surface area contributed by atoms with Crippen LogP contribution in [0, 0.1) is 5.92 Å². The minimum Gasteiger partial charge on any atom is -0.481 e. The summed E-state index contributed by atoms with van der Waals surface area (Å²) < 4.78 is 6.39. The van der Waals surface area contributed by atoms with Gasteiger partial charge in [-0.1, -0.05) is 35.0 Å². The van der Waals surface area contributed by atoms with Crippen molar-refractivity contribution in [3.8, 4) is 0 Å². The molecule has 1 aliphatic heterocycles. The zero-order valence-corrected chi connectivity index (χ0v) is 12.5. The molecule has 2 atom stereocenters. The van der Waals surface area contributed by atoms with Crippen molar-refractivity contribution >= 4 is 21.9 Å². The van der Waals surface area contributed by atoms with Gasteiger partial charge in [-0.2, -0.15) is 0 Å². The number of likely N-dealkylation sites (N-methyl/N-ethyl adjacent to an activating group) is 1. The fourth-order valence-electron chi connectivity index (χ4n) is 2.43. The summed E-state index contributed by atoms with van der Waals surface area (Å²) in [6.45, 7) is 4.43. The maximum absolute atomic E-state index is 11.2. The summed E-state index contributed by atoms with van der Waals surface area (Å²) >= 11 is 3.41. The number of benzene rings is 1. The summed E-state index contributed by atoms with van der Waals surface area (Å²) in [5.41, 5.74) is 1.18. The summed E-state index contributed by atoms with van der Waals surface area (Å²) in [4.78, 5) is 13.4. The first-order chi connectivity index (χ1) is 9.11. The van der Waals surface area contributed by atoms with Gasteiger partial charge in [-0.15, -0.1) is 0 Å². The quantitative estimate of drug-likeness (QED) is 0.902. The van der Waals surface area contributed by atoms with Crippen molar-refractivity contribution in [3.05, 3.63) is 34.3 Å². The minimum atomic E-state index is -0.767. The summed E-state index contributed by atoms with van der Waals surface area (Å²) in [6, 6.07) is 8.08. The third-order valence-electron chi connectivity index (χ3n) is 3.54. The lowest BCUT2D eigenvalue weighted by Gasteiger charge is -2.29. The van der Waals surface area contributed by atoms with Gasteiger partial charge in [0.2, 0.25) is 0 Å². The Balaban J connectivity index is 2.07. The predicted octanol–water partition coefficient (Wildman–Crippen LogP) is 2.37. The van der Waals surface area contributed by atoms with Crippen LogP contribution in [-0.2, 0) is 16.1 Å². The van der Waals surface area contributed by atoms with E-state index in [2.05, 4.69) is 39.9 Å². The first-order valence-corrected chi connectivity index (χ1v) is 7.20. The highest BCUT2D eigenvalue weighted by Gasteiger charge is 2.37. The molecule has 0 bridgehead atoms. The Morgan fingerprint density at radius 3 is 2.68 bits per heavy atom. The molecule has 1 aliphatic rings. The van der Waals surface area contributed by atoms with Crippen molar-refractivity contribution in [3.63, 3.8) is 0 Å². The van der Waals surface area contributed by atoms with Crippen molar-refractivity contribution in [2.24, 2.45) is 5.92 Å². The van der Waals surface area contributed by atoms with Crippen molar-refractivity contribution in [1.82, 2.24) is 4.90 Å². The normalized spacial score (nSPS) is 22.9. The molecule has 104 valence electrons. The minimum absolute atomic E-state index is 0.0360. The molecular weight excluding hydrogens is 310 g/mol. The first kappa shape index (κ1) is 14.5. The molecule has 2 rings (SSSR count). The largest absolute Gasteiger partial charge is 0.481 e. The number of hydrogen-bond donors (Lipinski definition) is 1. The van der Waals surface area contributed by atoms with Gasteiger partial charge >= 0.3 is 5.97 Å². The van der Waals surface area contributed by atoms with Gasteiger partial charge < -0.3 is 9.84 Å². The number of rotatable bonds is 5. The van der Waals surface area contributed by atoms with Crippen LogP contribution in [0.5, 0.6) is 0 Å². The molecule has 19 heavy (non-hydrogen) atoms. The fourth-order valence-corrected chi connectivity index (χ4v) is 2.69. The summed E-state index contributed by atoms with van der Waals surface area (Å²) in [6.07, 6.45) is 0. The highest BCUT2D eigenvalue weighted by Crippen LogP contribution is 2.22. The Hall–Kier alpha value is -0.910. The van der Waals surface area contributed by atoms with Gasteiger partial charge in [0.15, 0.2) is 0 Å². The molecule has 1 N–H and O–H groups in total. The van der Waals surface area contributed by atoms with Crippen LogP contribution in [0.1, 0.15) is 12.5 Å². The van der Waals surface area contributed by atoms with E-state index in [1.165, 1.54) is 5.56 Å². The lowest BCUT2D eigenvalue weighted by atomic mass is 10.0. The van der Waals surface area contributed by atoms with Gasteiger partial charge in [-0.25, -0.2) is 0 Å². The maximum atomic E-state index is 11.2. The van der Waals surface area contributed by atoms with Crippen LogP contribution in [0.15, 0.2) is 28.7 Å². The number of carbonyl (C=O) groups is 1. The molecule has 0 amide bonds. The van der Waals surface area contributed by atoms with E-state index in [1.54, 1.807) is 0 Å². The van der Waals surface area contributed by atoms with Gasteiger partial charge in [0.05, 0.1) is 19.1 Å². The highest BCUT2D eigenvalue weighted by atomic mass is 79.9. The molecule has 1 heterocycles. The second-order valence-corrected chi connectivity index (χ2v) is 5.65. The second kappa shape index (κ2) is 6.50. The van der Waals surface area contributed by atoms with E-state index < -0.39 is 11.9 Å². The van der Waals surface area contributed by atoms with Crippen LogP contribution < -0.4 is 0 Å². The Morgan fingerprint density at radius 1 is 1.42 bits per heavy atom. The van der Waals surface area contributed by atoms with Crippen molar-refractivity contribution in [1.29, 1.82) is 0 Å². The summed E-state index contributed by atoms with van der Waals surface area (Å²) in [5.74, 6) is -1.19. The van der Waals surface area contributed by atoms with Crippen LogP contribution in [0.25, 0.3) is 0 Å². The molecule has 5 heteroatoms. The van der Waals surface area contributed by atoms with Gasteiger partial charge in [-0.05, 0) is 24.2 Å². The molecule has 0 radical (unpaired) electrons. The van der Waals surface area contributed by atoms with Crippen LogP contribution in [0.2, 0.25) is 0 Å². The fraction of sp³-hybridized carbons (Fsp3) is 0.500. The zero-order chi connectivity index (χ0) is 13.8. The number of ether oxygens (including phenoxy) is 1. The SMILES string of the molecule is CCN(Cc1ccc(Br)cc1)C1COCC1C(=O)O. The van der Waals surface area contributed by atoms with E-state index in [9.17, 15) is 9.90 Å². The molecular formula is C14H18BrNO3. The number of carboxylic acid groups (broad SMARTS) is 1. The van der Waals surface area contributed by atoms with E-state index in [1.807, 2.05) is 12.1 Å². The van der Waals surface area contributed by atoms with Crippen molar-refractivity contribution in [2.75, 3.05) is 19.8 Å². The average Bonchev–Trinajstić information content (AvgIpc) is 2.87. The number of nitrogens with zero attached hydrogens (tertiary/aromatic N) is 1. The number of aliphatic carboxylic acids is 1. The Kier molecular flexibility index (Phi) is 4.96. The van der Waals surface area contributed by atoms with Crippen LogP contribution in [0.3, 0.4) is 0 Å². The van der Waals surface area contributed by atoms with Crippen LogP contribution in [0.4, 0.5) is 0 Å². The molecule has 0 aliphatic carbocycles. The van der Waals surface area contributed by atoms with Gasteiger partial charge in [0, 0.05) is 17.1 Å². The lowest BCUT2D eigenvalue weighted by molar-refractivity contribution is -0.143. The standard InChI is InChI=1S/C14H18BrNO3/c1-2-16(7-10-3-5-11(15)6-4-10)13-9-19-8-12(13)14(17)18/h3-6,12-13H,2,7-9H2,1H3,(H,17,18). The third-order valence-corrected chi connectivity index (χ3v) is 4.07. The molecule has 1 saturated heterocycles. The van der Waals surface area contributed by atoms with E-state index in [4.69, 9.17) is 4.74 Å². The molecule has 1 aromatic carbocycles. The van der Waals surface area contributed by atoms with Crippen LogP contribution in [-0.4, -0.2) is 41.8 Å². The number of hydrogen-bond acceptors (Lipinski definition) is 3. The van der Waals surface area contributed by atoms with Crippen LogP contribution >= 0.6 is 15.9 Å². The Bertz CT molecular complexity index is 435. The first-order valence-electron chi connectivity index (χ1n) is 6.41. The third kappa shape index (κ3) is 3.55. The molecule has 1 fully saturated rings. The molecule has 4 nitrogen and oxygen atoms in total. The topological polar surface area (TPSA) is 49.8 Å². The average molecular weight is 328 g/mol. The smallest absolute Gasteiger partial charge is 0.310 e. The van der Waals surface area contributed by atoms with E-state index >= 15 is 0 Å². The molecule has 1 aromatic rings. The summed E-state index contributed by atoms with van der Waals surface area (Å²) in [7, 11) is 0. The summed E-state index contributed by atoms with van der Waals surface area (Å²) in [5, 5.41) is 9.22. The zero-order valence-electron chi connectivity index (χ0n) is 10.9. The Morgan fingerprint density at radius 2 is 2.11 bits per heavy atom. The molecule has 0 spiro atoms. The molecule has 0 aromatic heterocycles. The second-order valence-electron chi connectivity index (χ2n) is 4.74. The van der Waals surface area contributed by atoms with Gasteiger partial charge in [0.1, 0.15) is 0 Å². The maximum Gasteiger partial charge on any atom is 0.310 e. The van der Waals surface area contributed by atoms with Crippen molar-refractivity contribution < 1.29 is 14.6 Å². The molecule has 2 unspecified atom stereocenters. The van der Waals surface area contributed by atoms with Gasteiger partial charge in [-0.3, -0.25) is 9.69 Å². The van der Waals surface area contributed by atoms with E-state index in [0.717, 1.165) is 17.6 Å². The highest BCUT2D eigenvalue weighted by molar-refractivity contribution is 9.10. The van der Waals surface area contributed by atoms with Crippen molar-refractivity contribution in [2.45, 2.75) is 19.5 Å². The van der Waals surface area contributed by atoms with E-state index in [-0.39, 0.29) is 6.04 Å².